The third-order valence-electron chi connectivity index (χ3n) is 2.31. The first kappa shape index (κ1) is 15.0. The van der Waals surface area contributed by atoms with E-state index < -0.39 is 5.97 Å². The molecule has 6 nitrogen and oxygen atoms in total. The minimum atomic E-state index is -1.05. The zero-order valence-electron chi connectivity index (χ0n) is 10.5. The number of aromatic carboxylic acids is 1. The molecule has 0 aliphatic carbocycles. The summed E-state index contributed by atoms with van der Waals surface area (Å²) in [5.74, 6) is 1.41. The summed E-state index contributed by atoms with van der Waals surface area (Å²) in [5, 5.41) is 16.1. The highest BCUT2D eigenvalue weighted by atomic mass is 32.1. The monoisotopic (exact) mass is 281 g/mol. The van der Waals surface area contributed by atoms with Crippen LogP contribution in [0.3, 0.4) is 0 Å². The maximum atomic E-state index is 11.4. The maximum Gasteiger partial charge on any atom is 0.355 e. The number of amides is 2. The van der Waals surface area contributed by atoms with Gasteiger partial charge in [0.15, 0.2) is 5.69 Å². The van der Waals surface area contributed by atoms with Gasteiger partial charge in [0.2, 0.25) is 0 Å². The molecule has 2 amide bonds. The van der Waals surface area contributed by atoms with Crippen molar-refractivity contribution in [2.75, 3.05) is 6.54 Å². The number of carbonyl (C=O) groups is 2. The largest absolute Gasteiger partial charge is 0.476 e. The topological polar surface area (TPSA) is 91.3 Å². The van der Waals surface area contributed by atoms with Gasteiger partial charge in [-0.25, -0.2) is 14.6 Å². The Labute approximate surface area is 115 Å². The first-order valence-corrected chi connectivity index (χ1v) is 6.63. The van der Waals surface area contributed by atoms with Crippen LogP contribution in [0.1, 0.15) is 28.8 Å². The average Bonchev–Trinajstić information content (AvgIpc) is 2.85. The van der Waals surface area contributed by atoms with Crippen molar-refractivity contribution in [1.82, 2.24) is 15.6 Å². The highest BCUT2D eigenvalue weighted by molar-refractivity contribution is 7.09. The molecule has 1 aromatic heterocycles. The Morgan fingerprint density at radius 1 is 1.63 bits per heavy atom. The molecule has 0 fully saturated rings. The van der Waals surface area contributed by atoms with Crippen LogP contribution in [-0.2, 0) is 6.42 Å². The van der Waals surface area contributed by atoms with Crippen molar-refractivity contribution in [3.8, 4) is 12.3 Å². The molecule has 0 aliphatic rings. The lowest BCUT2D eigenvalue weighted by Gasteiger charge is -2.11. The van der Waals surface area contributed by atoms with Gasteiger partial charge in [0.25, 0.3) is 0 Å². The number of carboxylic acids is 1. The first-order valence-electron chi connectivity index (χ1n) is 5.75. The third kappa shape index (κ3) is 4.97. The fourth-order valence-electron chi connectivity index (χ4n) is 1.28. The van der Waals surface area contributed by atoms with Crippen molar-refractivity contribution in [2.45, 2.75) is 25.8 Å². The number of carbonyl (C=O) groups excluding carboxylic acids is 1. The third-order valence-corrected chi connectivity index (χ3v) is 3.22. The number of terminal acetylenes is 1. The number of aromatic nitrogens is 1. The average molecular weight is 281 g/mol. The van der Waals surface area contributed by atoms with Crippen LogP contribution in [0.15, 0.2) is 5.38 Å². The second-order valence-electron chi connectivity index (χ2n) is 3.71. The van der Waals surface area contributed by atoms with Crippen molar-refractivity contribution >= 4 is 23.3 Å². The van der Waals surface area contributed by atoms with Crippen LogP contribution in [0.2, 0.25) is 0 Å². The number of hydrogen-bond donors (Lipinski definition) is 3. The Morgan fingerprint density at radius 2 is 2.37 bits per heavy atom. The van der Waals surface area contributed by atoms with Gasteiger partial charge in [-0.2, -0.15) is 0 Å². The molecule has 102 valence electrons. The predicted molar refractivity (Wildman–Crippen MR) is 72.2 cm³/mol. The van der Waals surface area contributed by atoms with Crippen molar-refractivity contribution in [3.63, 3.8) is 0 Å². The number of nitrogens with one attached hydrogen (secondary N) is 2. The van der Waals surface area contributed by atoms with Gasteiger partial charge in [-0.15, -0.1) is 17.8 Å². The Bertz CT molecular complexity index is 493. The molecule has 0 bridgehead atoms. The summed E-state index contributed by atoms with van der Waals surface area (Å²) in [5.41, 5.74) is 0.0304. The zero-order chi connectivity index (χ0) is 14.3. The van der Waals surface area contributed by atoms with Crippen LogP contribution < -0.4 is 10.6 Å². The van der Waals surface area contributed by atoms with Crippen LogP contribution >= 0.6 is 11.3 Å². The van der Waals surface area contributed by atoms with Gasteiger partial charge in [0.1, 0.15) is 0 Å². The van der Waals surface area contributed by atoms with Crippen LogP contribution in [0.4, 0.5) is 4.79 Å². The van der Waals surface area contributed by atoms with E-state index in [2.05, 4.69) is 21.5 Å². The predicted octanol–water partition coefficient (Wildman–Crippen LogP) is 1.09. The molecule has 1 aromatic rings. The molecule has 1 atom stereocenters. The summed E-state index contributed by atoms with van der Waals surface area (Å²) >= 11 is 1.26. The van der Waals surface area contributed by atoms with E-state index in [4.69, 9.17) is 11.5 Å². The van der Waals surface area contributed by atoms with Gasteiger partial charge in [-0.1, -0.05) is 12.8 Å². The van der Waals surface area contributed by atoms with Gasteiger partial charge >= 0.3 is 12.0 Å². The molecule has 0 spiro atoms. The molecule has 0 saturated heterocycles. The summed E-state index contributed by atoms with van der Waals surface area (Å²) in [6, 6.07) is -0.613. The van der Waals surface area contributed by atoms with Crippen molar-refractivity contribution in [1.29, 1.82) is 0 Å². The maximum absolute atomic E-state index is 11.4. The molecule has 0 radical (unpaired) electrons. The molecular weight excluding hydrogens is 266 g/mol. The van der Waals surface area contributed by atoms with E-state index in [1.165, 1.54) is 16.7 Å². The lowest BCUT2D eigenvalue weighted by atomic mass is 10.2. The highest BCUT2D eigenvalue weighted by Crippen LogP contribution is 2.09. The number of hydrogen-bond acceptors (Lipinski definition) is 4. The zero-order valence-corrected chi connectivity index (χ0v) is 11.3. The van der Waals surface area contributed by atoms with Gasteiger partial charge in [0, 0.05) is 18.3 Å². The summed E-state index contributed by atoms with van der Waals surface area (Å²) < 4.78 is 0. The van der Waals surface area contributed by atoms with Gasteiger partial charge in [-0.05, 0) is 6.42 Å². The molecular formula is C12H15N3O3S. The number of rotatable bonds is 6. The molecule has 3 N–H and O–H groups in total. The minimum Gasteiger partial charge on any atom is -0.476 e. The fraction of sp³-hybridized carbons (Fsp3) is 0.417. The highest BCUT2D eigenvalue weighted by Gasteiger charge is 2.09. The Kier molecular flexibility index (Phi) is 5.82. The van der Waals surface area contributed by atoms with E-state index in [0.29, 0.717) is 24.4 Å². The van der Waals surface area contributed by atoms with E-state index in [1.807, 2.05) is 6.92 Å². The van der Waals surface area contributed by atoms with Crippen molar-refractivity contribution < 1.29 is 14.7 Å². The number of nitrogens with zero attached hydrogens (tertiary/aromatic N) is 1. The molecule has 19 heavy (non-hydrogen) atoms. The van der Waals surface area contributed by atoms with Crippen molar-refractivity contribution in [3.05, 3.63) is 16.1 Å². The quantitative estimate of drug-likeness (QED) is 0.681. The molecule has 1 unspecified atom stereocenters. The fourth-order valence-corrected chi connectivity index (χ4v) is 2.05. The van der Waals surface area contributed by atoms with E-state index in [-0.39, 0.29) is 17.8 Å². The van der Waals surface area contributed by atoms with E-state index in [0.717, 1.165) is 0 Å². The van der Waals surface area contributed by atoms with Gasteiger partial charge in [-0.3, -0.25) is 0 Å². The molecule has 0 aliphatic heterocycles. The summed E-state index contributed by atoms with van der Waals surface area (Å²) in [4.78, 5) is 26.0. The Balaban J connectivity index is 2.31. The molecule has 0 saturated carbocycles. The smallest absolute Gasteiger partial charge is 0.355 e. The standard InChI is InChI=1S/C12H15N3O3S/c1-3-8(4-2)14-12(18)13-6-5-10-15-9(7-19-10)11(16)17/h1,7-8H,4-6H2,2H3,(H,16,17)(H2,13,14,18). The van der Waals surface area contributed by atoms with Gasteiger partial charge in [0.05, 0.1) is 11.0 Å². The van der Waals surface area contributed by atoms with E-state index in [1.54, 1.807) is 0 Å². The molecule has 1 rings (SSSR count). The Hall–Kier alpha value is -2.07. The number of carboxylic acid groups (broad SMARTS) is 1. The first-order chi connectivity index (χ1) is 9.06. The van der Waals surface area contributed by atoms with Crippen LogP contribution in [0, 0.1) is 12.3 Å². The van der Waals surface area contributed by atoms with E-state index in [9.17, 15) is 9.59 Å². The van der Waals surface area contributed by atoms with Crippen LogP contribution in [0.5, 0.6) is 0 Å². The van der Waals surface area contributed by atoms with Crippen molar-refractivity contribution in [2.24, 2.45) is 0 Å². The summed E-state index contributed by atoms with van der Waals surface area (Å²) in [7, 11) is 0. The molecule has 7 heteroatoms. The number of urea groups is 1. The second-order valence-corrected chi connectivity index (χ2v) is 4.65. The van der Waals surface area contributed by atoms with E-state index >= 15 is 0 Å². The summed E-state index contributed by atoms with van der Waals surface area (Å²) in [6.45, 7) is 2.26. The van der Waals surface area contributed by atoms with Gasteiger partial charge < -0.3 is 15.7 Å². The lowest BCUT2D eigenvalue weighted by molar-refractivity contribution is 0.0691. The molecule has 1 heterocycles. The van der Waals surface area contributed by atoms with Crippen LogP contribution in [0.25, 0.3) is 0 Å². The lowest BCUT2D eigenvalue weighted by Crippen LogP contribution is -2.41. The normalized spacial score (nSPS) is 11.4. The molecule has 0 aromatic carbocycles. The number of thiazole rings is 1. The Morgan fingerprint density at radius 3 is 2.89 bits per heavy atom. The minimum absolute atomic E-state index is 0.0304. The second kappa shape index (κ2) is 7.38. The van der Waals surface area contributed by atoms with Crippen LogP contribution in [-0.4, -0.2) is 34.7 Å². The summed E-state index contributed by atoms with van der Waals surface area (Å²) in [6.07, 6.45) is 6.38. The SMILES string of the molecule is C#CC(CC)NC(=O)NCCc1nc(C(=O)O)cs1.